The summed E-state index contributed by atoms with van der Waals surface area (Å²) in [6, 6.07) is 4.67. The molecule has 5 rings (SSSR count). The molecule has 2 aromatic heterocycles. The molecule has 0 saturated carbocycles. The molecule has 2 saturated heterocycles. The van der Waals surface area contributed by atoms with Gasteiger partial charge in [-0.05, 0) is 65.0 Å². The third-order valence-electron chi connectivity index (χ3n) is 7.84. The Labute approximate surface area is 259 Å². The maximum Gasteiger partial charge on any atom is 0.247 e. The second-order valence-electron chi connectivity index (χ2n) is 10.7. The lowest BCUT2D eigenvalue weighted by molar-refractivity contribution is -0.111. The first kappa shape index (κ1) is 32.2. The van der Waals surface area contributed by atoms with Gasteiger partial charge in [-0.3, -0.25) is 9.48 Å². The molecule has 0 atom stereocenters. The van der Waals surface area contributed by atoms with Gasteiger partial charge >= 0.3 is 0 Å². The Kier molecular flexibility index (Phi) is 11.4. The molecule has 232 valence electrons. The van der Waals surface area contributed by atoms with Crippen molar-refractivity contribution >= 4 is 40.5 Å². The molecule has 1 aromatic carbocycles. The molecule has 0 radical (unpaired) electrons. The Balaban J connectivity index is 0.00000207. The Morgan fingerprint density at radius 1 is 1.14 bits per heavy atom. The van der Waals surface area contributed by atoms with E-state index in [1.54, 1.807) is 19.5 Å². The molecule has 4 heterocycles. The van der Waals surface area contributed by atoms with Crippen LogP contribution in [0, 0.1) is 0 Å². The van der Waals surface area contributed by atoms with Gasteiger partial charge in [-0.1, -0.05) is 32.0 Å². The normalized spacial score (nSPS) is 15.9. The van der Waals surface area contributed by atoms with Crippen LogP contribution in [0.1, 0.15) is 45.6 Å². The number of amides is 1. The number of hydrogen-bond acceptors (Lipinski definition) is 9. The quantitative estimate of drug-likeness (QED) is 0.276. The molecular weight excluding hydrogens is 566 g/mol. The third kappa shape index (κ3) is 7.84. The highest BCUT2D eigenvalue weighted by atomic mass is 35.5. The minimum atomic E-state index is -0.290. The van der Waals surface area contributed by atoms with E-state index < -0.39 is 0 Å². The van der Waals surface area contributed by atoms with Crippen LogP contribution in [0.5, 0.6) is 5.75 Å². The SMILES string of the molecule is C=CC(=O)Nc1cc(Nc2ncc(Cl)c(-c3cnn(C4CCNCC4)c3)n2)c(OC)cc1N1CCC(N(C)C)CC1.CC. The molecule has 0 bridgehead atoms. The minimum absolute atomic E-state index is 0.290. The molecule has 0 spiro atoms. The number of ether oxygens (including phenoxy) is 1. The fourth-order valence-electron chi connectivity index (χ4n) is 5.49. The van der Waals surface area contributed by atoms with Crippen LogP contribution in [0.25, 0.3) is 11.3 Å². The van der Waals surface area contributed by atoms with Crippen molar-refractivity contribution in [1.82, 2.24) is 30.0 Å². The van der Waals surface area contributed by atoms with Crippen molar-refractivity contribution in [3.05, 3.63) is 48.4 Å². The fourth-order valence-corrected chi connectivity index (χ4v) is 5.69. The van der Waals surface area contributed by atoms with Crippen LogP contribution in [-0.4, -0.2) is 84.0 Å². The molecule has 3 aromatic rings. The van der Waals surface area contributed by atoms with Gasteiger partial charge in [-0.15, -0.1) is 0 Å². The predicted octanol–water partition coefficient (Wildman–Crippen LogP) is 5.35. The number of anilines is 4. The average molecular weight is 610 g/mol. The molecule has 1 amide bonds. The van der Waals surface area contributed by atoms with Gasteiger partial charge in [-0.2, -0.15) is 5.10 Å². The van der Waals surface area contributed by atoms with Gasteiger partial charge in [0.15, 0.2) is 0 Å². The highest BCUT2D eigenvalue weighted by Gasteiger charge is 2.25. The first-order valence-corrected chi connectivity index (χ1v) is 15.4. The number of nitrogens with one attached hydrogen (secondary N) is 3. The van der Waals surface area contributed by atoms with E-state index in [1.807, 2.05) is 36.9 Å². The number of methoxy groups -OCH3 is 1. The van der Waals surface area contributed by atoms with Gasteiger partial charge in [-0.25, -0.2) is 9.97 Å². The van der Waals surface area contributed by atoms with Crippen LogP contribution in [0.2, 0.25) is 5.02 Å². The van der Waals surface area contributed by atoms with E-state index >= 15 is 0 Å². The lowest BCUT2D eigenvalue weighted by atomic mass is 10.0. The van der Waals surface area contributed by atoms with Crippen LogP contribution in [0.4, 0.5) is 23.0 Å². The predicted molar refractivity (Wildman–Crippen MR) is 175 cm³/mol. The zero-order chi connectivity index (χ0) is 30.9. The standard InChI is InChI=1S/C29H38ClN9O2.C2H6/c1-5-27(40)34-23-14-24(26(41-4)15-25(23)38-12-8-20(9-13-38)37(2)3)35-29-32-17-22(30)28(36-29)19-16-33-39(18-19)21-6-10-31-11-7-21;1-2/h5,14-18,20-21,31H,1,6-13H2,2-4H3,(H,34,40)(H,32,35,36);1-2H3. The monoisotopic (exact) mass is 609 g/mol. The van der Waals surface area contributed by atoms with Crippen molar-refractivity contribution in [1.29, 1.82) is 0 Å². The number of carbonyl (C=O) groups excluding carboxylic acids is 1. The largest absolute Gasteiger partial charge is 0.494 e. The summed E-state index contributed by atoms with van der Waals surface area (Å²) >= 11 is 6.53. The number of nitrogens with zero attached hydrogens (tertiary/aromatic N) is 6. The summed E-state index contributed by atoms with van der Waals surface area (Å²) in [5.74, 6) is 0.657. The van der Waals surface area contributed by atoms with E-state index in [4.69, 9.17) is 21.3 Å². The van der Waals surface area contributed by atoms with Crippen molar-refractivity contribution in [3.8, 4) is 17.0 Å². The summed E-state index contributed by atoms with van der Waals surface area (Å²) in [5.41, 5.74) is 3.56. The van der Waals surface area contributed by atoms with E-state index in [2.05, 4.69) is 56.5 Å². The summed E-state index contributed by atoms with van der Waals surface area (Å²) in [7, 11) is 5.85. The number of rotatable bonds is 9. The number of benzene rings is 1. The Hall–Kier alpha value is -3.67. The second kappa shape index (κ2) is 15.2. The average Bonchev–Trinajstić information content (AvgIpc) is 3.54. The maximum atomic E-state index is 12.4. The number of hydrogen-bond donors (Lipinski definition) is 3. The van der Waals surface area contributed by atoms with Crippen LogP contribution in [-0.2, 0) is 4.79 Å². The van der Waals surface area contributed by atoms with E-state index in [-0.39, 0.29) is 5.91 Å². The Morgan fingerprint density at radius 3 is 2.51 bits per heavy atom. The third-order valence-corrected chi connectivity index (χ3v) is 8.12. The van der Waals surface area contributed by atoms with Crippen molar-refractivity contribution in [2.45, 2.75) is 51.6 Å². The highest BCUT2D eigenvalue weighted by Crippen LogP contribution is 2.40. The van der Waals surface area contributed by atoms with Gasteiger partial charge in [0, 0.05) is 37.0 Å². The van der Waals surface area contributed by atoms with Crippen molar-refractivity contribution in [2.24, 2.45) is 0 Å². The molecule has 3 N–H and O–H groups in total. The number of aromatic nitrogens is 4. The summed E-state index contributed by atoms with van der Waals surface area (Å²) < 4.78 is 7.77. The van der Waals surface area contributed by atoms with Crippen LogP contribution < -0.4 is 25.6 Å². The van der Waals surface area contributed by atoms with E-state index in [0.717, 1.165) is 63.1 Å². The van der Waals surface area contributed by atoms with Gasteiger partial charge in [0.1, 0.15) is 5.75 Å². The lowest BCUT2D eigenvalue weighted by Crippen LogP contribution is -2.42. The first-order valence-electron chi connectivity index (χ1n) is 15.0. The topological polar surface area (TPSA) is 112 Å². The van der Waals surface area contributed by atoms with Crippen molar-refractivity contribution < 1.29 is 9.53 Å². The fraction of sp³-hybridized carbons (Fsp3) is 0.484. The molecule has 2 fully saturated rings. The summed E-state index contributed by atoms with van der Waals surface area (Å²) in [5, 5.41) is 14.6. The summed E-state index contributed by atoms with van der Waals surface area (Å²) in [4.78, 5) is 26.1. The van der Waals surface area contributed by atoms with Crippen molar-refractivity contribution in [2.75, 3.05) is 62.9 Å². The molecule has 2 aliphatic rings. The van der Waals surface area contributed by atoms with Gasteiger partial charge < -0.3 is 30.5 Å². The van der Waals surface area contributed by atoms with E-state index in [1.165, 1.54) is 6.08 Å². The molecule has 11 nitrogen and oxygen atoms in total. The zero-order valence-electron chi connectivity index (χ0n) is 25.9. The highest BCUT2D eigenvalue weighted by molar-refractivity contribution is 6.32. The van der Waals surface area contributed by atoms with E-state index in [9.17, 15) is 4.79 Å². The molecule has 2 aliphatic heterocycles. The smallest absolute Gasteiger partial charge is 0.247 e. The number of halogens is 1. The first-order chi connectivity index (χ1) is 20.9. The molecule has 12 heteroatoms. The number of piperidine rings is 2. The summed E-state index contributed by atoms with van der Waals surface area (Å²) in [6.45, 7) is 11.3. The molecule has 43 heavy (non-hydrogen) atoms. The zero-order valence-corrected chi connectivity index (χ0v) is 26.6. The molecule has 0 aliphatic carbocycles. The molecule has 0 unspecified atom stereocenters. The lowest BCUT2D eigenvalue weighted by Gasteiger charge is -2.37. The minimum Gasteiger partial charge on any atom is -0.494 e. The van der Waals surface area contributed by atoms with Gasteiger partial charge in [0.2, 0.25) is 11.9 Å². The van der Waals surface area contributed by atoms with Crippen LogP contribution >= 0.6 is 11.6 Å². The van der Waals surface area contributed by atoms with Crippen molar-refractivity contribution in [3.63, 3.8) is 0 Å². The number of carbonyl (C=O) groups is 1. The Bertz CT molecular complexity index is 1380. The Morgan fingerprint density at radius 2 is 1.86 bits per heavy atom. The summed E-state index contributed by atoms with van der Waals surface area (Å²) in [6.07, 6.45) is 10.7. The molecular formula is C31H44ClN9O2. The van der Waals surface area contributed by atoms with Crippen LogP contribution in [0.3, 0.4) is 0 Å². The maximum absolute atomic E-state index is 12.4. The van der Waals surface area contributed by atoms with E-state index in [0.29, 0.717) is 45.9 Å². The second-order valence-corrected chi connectivity index (χ2v) is 11.1. The van der Waals surface area contributed by atoms with Gasteiger partial charge in [0.05, 0.1) is 53.3 Å². The van der Waals surface area contributed by atoms with Crippen LogP contribution in [0.15, 0.2) is 43.4 Å². The van der Waals surface area contributed by atoms with Gasteiger partial charge in [0.25, 0.3) is 0 Å².